The number of carbonyl (C=O) groups is 1. The van der Waals surface area contributed by atoms with Gasteiger partial charge in [0.15, 0.2) is 0 Å². The van der Waals surface area contributed by atoms with Gasteiger partial charge in [-0.15, -0.1) is 0 Å². The van der Waals surface area contributed by atoms with E-state index >= 15 is 0 Å². The van der Waals surface area contributed by atoms with Crippen LogP contribution in [0.5, 0.6) is 0 Å². The molecule has 0 bridgehead atoms. The van der Waals surface area contributed by atoms with Gasteiger partial charge in [-0.05, 0) is 23.5 Å². The summed E-state index contributed by atoms with van der Waals surface area (Å²) in [5, 5.41) is 11.7. The maximum atomic E-state index is 14.3. The first-order valence-electron chi connectivity index (χ1n) is 6.33. The normalized spacial score (nSPS) is 10.7. The number of hydrogen-bond donors (Lipinski definition) is 1. The van der Waals surface area contributed by atoms with Crippen molar-refractivity contribution in [2.24, 2.45) is 0 Å². The second-order valence-corrected chi connectivity index (χ2v) is 5.22. The first-order chi connectivity index (χ1) is 8.79. The molecule has 1 amide bonds. The van der Waals surface area contributed by atoms with Gasteiger partial charge in [0.1, 0.15) is 11.9 Å². The lowest BCUT2D eigenvalue weighted by Crippen LogP contribution is -2.14. The quantitative estimate of drug-likeness (QED) is 0.898. The van der Waals surface area contributed by atoms with E-state index in [4.69, 9.17) is 5.26 Å². The summed E-state index contributed by atoms with van der Waals surface area (Å²) in [5.41, 5.74) is 1.73. The van der Waals surface area contributed by atoms with Gasteiger partial charge in [0.25, 0.3) is 0 Å². The molecule has 4 heteroatoms. The summed E-state index contributed by atoms with van der Waals surface area (Å²) in [6.45, 7) is 8.97. The minimum Gasteiger partial charge on any atom is -0.326 e. The molecule has 1 rings (SSSR count). The van der Waals surface area contributed by atoms with Crippen LogP contribution in [-0.2, 0) is 4.79 Å². The number of amides is 1. The molecule has 0 heterocycles. The molecule has 0 aromatic heterocycles. The zero-order valence-electron chi connectivity index (χ0n) is 12.0. The van der Waals surface area contributed by atoms with E-state index in [-0.39, 0.29) is 23.3 Å². The highest BCUT2D eigenvalue weighted by molar-refractivity contribution is 5.91. The van der Waals surface area contributed by atoms with E-state index in [1.54, 1.807) is 0 Å². The third-order valence-corrected chi connectivity index (χ3v) is 2.95. The lowest BCUT2D eigenvalue weighted by Gasteiger charge is -2.21. The van der Waals surface area contributed by atoms with Crippen LogP contribution in [0.4, 0.5) is 10.1 Å². The fourth-order valence-electron chi connectivity index (χ4n) is 2.10. The van der Waals surface area contributed by atoms with Crippen molar-refractivity contribution >= 4 is 11.6 Å². The Morgan fingerprint density at radius 1 is 1.32 bits per heavy atom. The summed E-state index contributed by atoms with van der Waals surface area (Å²) in [4.78, 5) is 11.3. The molecule has 19 heavy (non-hydrogen) atoms. The zero-order chi connectivity index (χ0) is 14.7. The van der Waals surface area contributed by atoms with Gasteiger partial charge in [-0.25, -0.2) is 4.39 Å². The van der Waals surface area contributed by atoms with Crippen molar-refractivity contribution in [3.63, 3.8) is 0 Å². The van der Waals surface area contributed by atoms with E-state index in [1.807, 2.05) is 33.8 Å². The van der Waals surface area contributed by atoms with Gasteiger partial charge in [0.05, 0.1) is 11.3 Å². The van der Waals surface area contributed by atoms with E-state index in [9.17, 15) is 9.18 Å². The molecule has 0 radical (unpaired) electrons. The molecule has 0 aliphatic rings. The minimum absolute atomic E-state index is 0.0292. The van der Waals surface area contributed by atoms with Crippen molar-refractivity contribution < 1.29 is 9.18 Å². The second-order valence-electron chi connectivity index (χ2n) is 5.22. The summed E-state index contributed by atoms with van der Waals surface area (Å²) in [7, 11) is 0. The molecule has 0 saturated carbocycles. The van der Waals surface area contributed by atoms with Crippen molar-refractivity contribution in [3.05, 3.63) is 28.6 Å². The fourth-order valence-corrected chi connectivity index (χ4v) is 2.10. The highest BCUT2D eigenvalue weighted by atomic mass is 19.1. The number of nitrogens with zero attached hydrogens (tertiary/aromatic N) is 1. The van der Waals surface area contributed by atoms with Gasteiger partial charge in [-0.1, -0.05) is 27.7 Å². The number of carbonyl (C=O) groups excluding carboxylic acids is 1. The van der Waals surface area contributed by atoms with Gasteiger partial charge >= 0.3 is 0 Å². The molecule has 0 unspecified atom stereocenters. The third-order valence-electron chi connectivity index (χ3n) is 2.95. The molecule has 102 valence electrons. The summed E-state index contributed by atoms with van der Waals surface area (Å²) in [6, 6.07) is 3.40. The smallest absolute Gasteiger partial charge is 0.221 e. The van der Waals surface area contributed by atoms with Crippen LogP contribution in [0.15, 0.2) is 6.07 Å². The monoisotopic (exact) mass is 262 g/mol. The Labute approximate surface area is 113 Å². The van der Waals surface area contributed by atoms with E-state index in [0.717, 1.165) is 5.56 Å². The number of hydrogen-bond acceptors (Lipinski definition) is 2. The molecule has 1 aromatic carbocycles. The molecule has 0 atom stereocenters. The van der Waals surface area contributed by atoms with Crippen LogP contribution in [0.25, 0.3) is 0 Å². The first kappa shape index (κ1) is 15.2. The molecule has 3 nitrogen and oxygen atoms in total. The Bertz CT molecular complexity index is 542. The Morgan fingerprint density at radius 2 is 1.89 bits per heavy atom. The van der Waals surface area contributed by atoms with Crippen LogP contribution in [-0.4, -0.2) is 5.91 Å². The third kappa shape index (κ3) is 3.11. The Kier molecular flexibility index (Phi) is 4.66. The molecule has 1 aromatic rings. The molecule has 0 aliphatic heterocycles. The van der Waals surface area contributed by atoms with Gasteiger partial charge < -0.3 is 5.32 Å². The van der Waals surface area contributed by atoms with Crippen LogP contribution in [0.3, 0.4) is 0 Å². The maximum Gasteiger partial charge on any atom is 0.221 e. The first-order valence-corrected chi connectivity index (χ1v) is 6.33. The predicted octanol–water partition coefficient (Wildman–Crippen LogP) is 3.90. The van der Waals surface area contributed by atoms with Crippen molar-refractivity contribution in [1.29, 1.82) is 5.26 Å². The number of rotatable bonds is 3. The number of nitrogens with one attached hydrogen (secondary N) is 1. The van der Waals surface area contributed by atoms with Gasteiger partial charge in [0.2, 0.25) is 5.91 Å². The lowest BCUT2D eigenvalue weighted by atomic mass is 9.89. The minimum atomic E-state index is -0.536. The Hall–Kier alpha value is -1.89. The van der Waals surface area contributed by atoms with Crippen molar-refractivity contribution in [3.8, 4) is 6.07 Å². The summed E-state index contributed by atoms with van der Waals surface area (Å²) >= 11 is 0. The number of nitriles is 1. The predicted molar refractivity (Wildman–Crippen MR) is 73.6 cm³/mol. The van der Waals surface area contributed by atoms with E-state index in [2.05, 4.69) is 5.32 Å². The number of anilines is 1. The molecule has 0 fully saturated rings. The zero-order valence-corrected chi connectivity index (χ0v) is 12.0. The van der Waals surface area contributed by atoms with Crippen LogP contribution < -0.4 is 5.32 Å². The molecule has 1 N–H and O–H groups in total. The van der Waals surface area contributed by atoms with Crippen molar-refractivity contribution in [2.75, 3.05) is 5.32 Å². The highest BCUT2D eigenvalue weighted by Crippen LogP contribution is 2.36. The van der Waals surface area contributed by atoms with E-state index in [1.165, 1.54) is 13.0 Å². The second kappa shape index (κ2) is 5.83. The Morgan fingerprint density at radius 3 is 2.26 bits per heavy atom. The molecule has 0 aliphatic carbocycles. The lowest BCUT2D eigenvalue weighted by molar-refractivity contribution is -0.114. The summed E-state index contributed by atoms with van der Waals surface area (Å²) < 4.78 is 14.3. The van der Waals surface area contributed by atoms with Crippen molar-refractivity contribution in [1.82, 2.24) is 0 Å². The van der Waals surface area contributed by atoms with Crippen LogP contribution in [0.1, 0.15) is 63.1 Å². The SMILES string of the molecule is CC(=O)Nc1c(C(C)C)cc(C#N)c(F)c1C(C)C. The number of benzene rings is 1. The standard InChI is InChI=1S/C15H19FN2O/c1-8(2)12-6-11(7-17)14(16)13(9(3)4)15(12)18-10(5)19/h6,8-9H,1-5H3,(H,18,19). The van der Waals surface area contributed by atoms with Gasteiger partial charge in [-0.3, -0.25) is 4.79 Å². The highest BCUT2D eigenvalue weighted by Gasteiger charge is 2.22. The average molecular weight is 262 g/mol. The van der Waals surface area contributed by atoms with Gasteiger partial charge in [-0.2, -0.15) is 5.26 Å². The Balaban J connectivity index is 3.68. The van der Waals surface area contributed by atoms with Crippen LogP contribution in [0, 0.1) is 17.1 Å². The van der Waals surface area contributed by atoms with E-state index < -0.39 is 5.82 Å². The van der Waals surface area contributed by atoms with Crippen LogP contribution in [0.2, 0.25) is 0 Å². The molecule has 0 saturated heterocycles. The summed E-state index contributed by atoms with van der Waals surface area (Å²) in [5.74, 6) is -0.807. The average Bonchev–Trinajstić information content (AvgIpc) is 2.27. The molecular weight excluding hydrogens is 243 g/mol. The maximum absolute atomic E-state index is 14.3. The van der Waals surface area contributed by atoms with E-state index in [0.29, 0.717) is 11.3 Å². The summed E-state index contributed by atoms with van der Waals surface area (Å²) in [6.07, 6.45) is 0. The molecular formula is C15H19FN2O. The van der Waals surface area contributed by atoms with Gasteiger partial charge in [0, 0.05) is 12.5 Å². The topological polar surface area (TPSA) is 52.9 Å². The van der Waals surface area contributed by atoms with Crippen LogP contribution >= 0.6 is 0 Å². The largest absolute Gasteiger partial charge is 0.326 e. The molecule has 0 spiro atoms. The number of halogens is 1. The van der Waals surface area contributed by atoms with Crippen molar-refractivity contribution in [2.45, 2.75) is 46.5 Å². The fraction of sp³-hybridized carbons (Fsp3) is 0.467.